The molecule has 156 valence electrons. The number of allylic oxidation sites excluding steroid dienone is 1. The van der Waals surface area contributed by atoms with Crippen molar-refractivity contribution >= 4 is 26.5 Å². The summed E-state index contributed by atoms with van der Waals surface area (Å²) in [5, 5.41) is 1.40. The third-order valence-electron chi connectivity index (χ3n) is 5.36. The van der Waals surface area contributed by atoms with Gasteiger partial charge in [0.1, 0.15) is 5.75 Å². The van der Waals surface area contributed by atoms with Gasteiger partial charge in [0, 0.05) is 0 Å². The predicted molar refractivity (Wildman–Crippen MR) is 111 cm³/mol. The minimum atomic E-state index is -5.72. The van der Waals surface area contributed by atoms with Crippen molar-refractivity contribution in [3.05, 3.63) is 83.4 Å². The third-order valence-corrected chi connectivity index (χ3v) is 6.34. The number of hydrogen-bond acceptors (Lipinski definition) is 3. The highest BCUT2D eigenvalue weighted by Crippen LogP contribution is 2.43. The second kappa shape index (κ2) is 6.87. The molecule has 3 aromatic carbocycles. The molecule has 0 aliphatic heterocycles. The van der Waals surface area contributed by atoms with Crippen molar-refractivity contribution in [3.63, 3.8) is 0 Å². The van der Waals surface area contributed by atoms with Crippen LogP contribution in [0.4, 0.5) is 13.2 Å². The Kier molecular flexibility index (Phi) is 4.69. The summed E-state index contributed by atoms with van der Waals surface area (Å²) in [4.78, 5) is 0. The van der Waals surface area contributed by atoms with E-state index in [1.807, 2.05) is 42.5 Å². The zero-order chi connectivity index (χ0) is 21.7. The molecule has 0 amide bonds. The molecule has 0 radical (unpaired) electrons. The van der Waals surface area contributed by atoms with Gasteiger partial charge in [0.05, 0.1) is 0 Å². The van der Waals surface area contributed by atoms with E-state index in [1.165, 1.54) is 12.1 Å². The fourth-order valence-corrected chi connectivity index (χ4v) is 4.20. The van der Waals surface area contributed by atoms with Crippen LogP contribution in [0.1, 0.15) is 37.0 Å². The van der Waals surface area contributed by atoms with Crippen molar-refractivity contribution in [3.8, 4) is 5.75 Å². The van der Waals surface area contributed by atoms with Crippen molar-refractivity contribution < 1.29 is 25.8 Å². The highest BCUT2D eigenvalue weighted by atomic mass is 32.2. The molecule has 0 atom stereocenters. The largest absolute Gasteiger partial charge is 0.534 e. The van der Waals surface area contributed by atoms with E-state index < -0.39 is 15.6 Å². The van der Waals surface area contributed by atoms with Gasteiger partial charge < -0.3 is 4.18 Å². The topological polar surface area (TPSA) is 43.4 Å². The van der Waals surface area contributed by atoms with E-state index in [1.54, 1.807) is 6.07 Å². The second-order valence-corrected chi connectivity index (χ2v) is 9.50. The van der Waals surface area contributed by atoms with Gasteiger partial charge in [-0.1, -0.05) is 56.3 Å². The minimum absolute atomic E-state index is 0.114. The Morgan fingerprint density at radius 1 is 0.933 bits per heavy atom. The quantitative estimate of drug-likeness (QED) is 0.367. The maximum atomic E-state index is 12.7. The van der Waals surface area contributed by atoms with E-state index in [2.05, 4.69) is 24.1 Å². The third kappa shape index (κ3) is 3.58. The van der Waals surface area contributed by atoms with E-state index in [0.717, 1.165) is 34.1 Å². The normalized spacial score (nSPS) is 16.1. The first-order valence-corrected chi connectivity index (χ1v) is 10.7. The molecule has 1 aliphatic rings. The first-order chi connectivity index (χ1) is 14.0. The van der Waals surface area contributed by atoms with Crippen molar-refractivity contribution in [2.75, 3.05) is 0 Å². The van der Waals surface area contributed by atoms with Gasteiger partial charge in [0.25, 0.3) is 0 Å². The zero-order valence-corrected chi connectivity index (χ0v) is 17.1. The van der Waals surface area contributed by atoms with Crippen molar-refractivity contribution in [2.45, 2.75) is 31.2 Å². The molecule has 0 heterocycles. The standard InChI is InChI=1S/C23H19F3O3S/c1-22(2)11-10-19(15-6-4-3-5-7-15)20-13-17-12-18(9-8-16(17)14-21(20)22)29-30(27,28)23(24,25)26/h3-10,12-14H,11H2,1-2H3. The van der Waals surface area contributed by atoms with Gasteiger partial charge >= 0.3 is 15.6 Å². The first-order valence-electron chi connectivity index (χ1n) is 9.33. The van der Waals surface area contributed by atoms with Gasteiger partial charge in [-0.2, -0.15) is 21.6 Å². The lowest BCUT2D eigenvalue weighted by Gasteiger charge is -2.33. The Morgan fingerprint density at radius 2 is 1.63 bits per heavy atom. The van der Waals surface area contributed by atoms with Crippen LogP contribution in [0.15, 0.2) is 66.7 Å². The summed E-state index contributed by atoms with van der Waals surface area (Å²) >= 11 is 0. The molecule has 3 aromatic rings. The molecule has 4 rings (SSSR count). The Bertz CT molecular complexity index is 1260. The van der Waals surface area contributed by atoms with Gasteiger partial charge in [0.2, 0.25) is 0 Å². The monoisotopic (exact) mass is 432 g/mol. The number of hydrogen-bond donors (Lipinski definition) is 0. The highest BCUT2D eigenvalue weighted by Gasteiger charge is 2.48. The van der Waals surface area contributed by atoms with Crippen LogP contribution in [0, 0.1) is 0 Å². The van der Waals surface area contributed by atoms with E-state index in [4.69, 9.17) is 0 Å². The van der Waals surface area contributed by atoms with Gasteiger partial charge in [-0.25, -0.2) is 0 Å². The number of alkyl halides is 3. The van der Waals surface area contributed by atoms with Gasteiger partial charge in [-0.05, 0) is 69.1 Å². The summed E-state index contributed by atoms with van der Waals surface area (Å²) in [6.07, 6.45) is 3.01. The summed E-state index contributed by atoms with van der Waals surface area (Å²) in [5.74, 6) is -0.375. The molecule has 3 nitrogen and oxygen atoms in total. The highest BCUT2D eigenvalue weighted by molar-refractivity contribution is 7.88. The number of fused-ring (bicyclic) bond motifs is 2. The maximum Gasteiger partial charge on any atom is 0.534 e. The van der Waals surface area contributed by atoms with Crippen LogP contribution < -0.4 is 4.18 Å². The fourth-order valence-electron chi connectivity index (χ4n) is 3.75. The molecule has 7 heteroatoms. The average molecular weight is 432 g/mol. The Labute approximate surface area is 172 Å². The molecule has 0 saturated heterocycles. The van der Waals surface area contributed by atoms with Gasteiger partial charge in [-0.3, -0.25) is 0 Å². The summed E-state index contributed by atoms with van der Waals surface area (Å²) in [7, 11) is -5.72. The van der Waals surface area contributed by atoms with Gasteiger partial charge in [0.15, 0.2) is 0 Å². The lowest BCUT2D eigenvalue weighted by Crippen LogP contribution is -2.28. The predicted octanol–water partition coefficient (Wildman–Crippen LogP) is 6.18. The van der Waals surface area contributed by atoms with E-state index in [9.17, 15) is 21.6 Å². The maximum absolute atomic E-state index is 12.7. The molecule has 1 aliphatic carbocycles. The Morgan fingerprint density at radius 3 is 2.30 bits per heavy atom. The molecular weight excluding hydrogens is 413 g/mol. The van der Waals surface area contributed by atoms with E-state index >= 15 is 0 Å². The lowest BCUT2D eigenvalue weighted by atomic mass is 9.71. The van der Waals surface area contributed by atoms with Gasteiger partial charge in [-0.15, -0.1) is 0 Å². The Balaban J connectivity index is 1.85. The lowest BCUT2D eigenvalue weighted by molar-refractivity contribution is -0.0500. The smallest absolute Gasteiger partial charge is 0.376 e. The van der Waals surface area contributed by atoms with Crippen LogP contribution >= 0.6 is 0 Å². The summed E-state index contributed by atoms with van der Waals surface area (Å²) in [5.41, 5.74) is -1.41. The Hall–Kier alpha value is -2.80. The summed E-state index contributed by atoms with van der Waals surface area (Å²) < 4.78 is 65.0. The molecule has 0 N–H and O–H groups in total. The van der Waals surface area contributed by atoms with E-state index in [-0.39, 0.29) is 11.2 Å². The van der Waals surface area contributed by atoms with E-state index in [0.29, 0.717) is 5.39 Å². The van der Waals surface area contributed by atoms with Crippen LogP contribution in [0.5, 0.6) is 5.75 Å². The van der Waals surface area contributed by atoms with Crippen molar-refractivity contribution in [1.29, 1.82) is 0 Å². The molecule has 0 unspecified atom stereocenters. The molecule has 0 aromatic heterocycles. The van der Waals surface area contributed by atoms with Crippen LogP contribution in [0.25, 0.3) is 16.3 Å². The number of rotatable bonds is 3. The minimum Gasteiger partial charge on any atom is -0.376 e. The van der Waals surface area contributed by atoms with Crippen LogP contribution in [-0.2, 0) is 15.5 Å². The molecule has 0 bridgehead atoms. The van der Waals surface area contributed by atoms with Crippen molar-refractivity contribution in [1.82, 2.24) is 0 Å². The van der Waals surface area contributed by atoms with Crippen molar-refractivity contribution in [2.24, 2.45) is 0 Å². The average Bonchev–Trinajstić information content (AvgIpc) is 2.66. The first kappa shape index (κ1) is 20.5. The summed E-state index contributed by atoms with van der Waals surface area (Å²) in [6.45, 7) is 4.28. The number of benzene rings is 3. The second-order valence-electron chi connectivity index (χ2n) is 7.96. The van der Waals surface area contributed by atoms with Crippen LogP contribution in [-0.4, -0.2) is 13.9 Å². The molecule has 0 spiro atoms. The molecule has 30 heavy (non-hydrogen) atoms. The fraction of sp³-hybridized carbons (Fsp3) is 0.217. The molecule has 0 fully saturated rings. The molecule has 0 saturated carbocycles. The summed E-state index contributed by atoms with van der Waals surface area (Å²) in [6, 6.07) is 17.9. The molecular formula is C23H19F3O3S. The SMILES string of the molecule is CC1(C)CC=C(c2ccccc2)c2cc3cc(OS(=O)(=O)C(F)(F)F)ccc3cc21. The van der Waals surface area contributed by atoms with Crippen LogP contribution in [0.3, 0.4) is 0 Å². The zero-order valence-electron chi connectivity index (χ0n) is 16.3. The number of halogens is 3. The van der Waals surface area contributed by atoms with Crippen LogP contribution in [0.2, 0.25) is 0 Å².